The third-order valence-electron chi connectivity index (χ3n) is 4.15. The highest BCUT2D eigenvalue weighted by Crippen LogP contribution is 2.20. The molecule has 1 aromatic heterocycles. The van der Waals surface area contributed by atoms with Crippen LogP contribution in [0.4, 0.5) is 11.4 Å². The van der Waals surface area contributed by atoms with E-state index in [4.69, 9.17) is 17.3 Å². The molecular weight excluding hydrogens is 398 g/mol. The van der Waals surface area contributed by atoms with Gasteiger partial charge in [-0.1, -0.05) is 24.4 Å². The van der Waals surface area contributed by atoms with Gasteiger partial charge in [-0.15, -0.1) is 0 Å². The highest BCUT2D eigenvalue weighted by molar-refractivity contribution is 7.92. The van der Waals surface area contributed by atoms with Crippen LogP contribution in [0.15, 0.2) is 53.8 Å². The number of benzene rings is 1. The Labute approximate surface area is 171 Å². The second kappa shape index (κ2) is 10.9. The number of nitrogens with zero attached hydrogens (tertiary/aromatic N) is 3. The summed E-state index contributed by atoms with van der Waals surface area (Å²) in [6, 6.07) is 10.4. The normalized spacial score (nSPS) is 12.0. The molecule has 2 rings (SSSR count). The number of hydrogen-bond acceptors (Lipinski definition) is 4. The van der Waals surface area contributed by atoms with E-state index >= 15 is 0 Å². The first-order valence-corrected chi connectivity index (χ1v) is 11.1. The van der Waals surface area contributed by atoms with Crippen molar-refractivity contribution in [1.82, 2.24) is 4.98 Å². The Morgan fingerprint density at radius 2 is 1.75 bits per heavy atom. The van der Waals surface area contributed by atoms with Crippen LogP contribution in [0.2, 0.25) is 5.02 Å². The Balaban J connectivity index is 1.65. The summed E-state index contributed by atoms with van der Waals surface area (Å²) in [6.45, 7) is 0.599. The molecule has 2 aromatic rings. The maximum Gasteiger partial charge on any atom is 0.234 e. The van der Waals surface area contributed by atoms with E-state index in [-0.39, 0.29) is 5.75 Å². The lowest BCUT2D eigenvalue weighted by Gasteiger charge is -2.19. The highest BCUT2D eigenvalue weighted by Gasteiger charge is 2.17. The van der Waals surface area contributed by atoms with E-state index in [2.05, 4.69) is 15.3 Å². The molecule has 3 N–H and O–H groups in total. The van der Waals surface area contributed by atoms with Crippen molar-refractivity contribution in [2.24, 2.45) is 10.7 Å². The maximum absolute atomic E-state index is 12.4. The molecule has 0 fully saturated rings. The van der Waals surface area contributed by atoms with Crippen LogP contribution in [0.5, 0.6) is 0 Å². The molecule has 0 spiro atoms. The van der Waals surface area contributed by atoms with E-state index in [1.54, 1.807) is 43.7 Å². The Morgan fingerprint density at radius 3 is 2.43 bits per heavy atom. The van der Waals surface area contributed by atoms with E-state index in [1.165, 1.54) is 4.31 Å². The topological polar surface area (TPSA) is 101 Å². The van der Waals surface area contributed by atoms with Crippen molar-refractivity contribution in [2.45, 2.75) is 25.7 Å². The molecule has 0 saturated carbocycles. The van der Waals surface area contributed by atoms with Crippen LogP contribution in [-0.2, 0) is 10.0 Å². The predicted octanol–water partition coefficient (Wildman–Crippen LogP) is 3.49. The fraction of sp³-hybridized carbons (Fsp3) is 0.368. The summed E-state index contributed by atoms with van der Waals surface area (Å²) >= 11 is 5.84. The van der Waals surface area contributed by atoms with Crippen molar-refractivity contribution in [3.05, 3.63) is 53.8 Å². The Morgan fingerprint density at radius 1 is 1.11 bits per heavy atom. The molecule has 0 radical (unpaired) electrons. The van der Waals surface area contributed by atoms with Crippen molar-refractivity contribution in [2.75, 3.05) is 29.0 Å². The zero-order valence-electron chi connectivity index (χ0n) is 15.9. The molecule has 7 nitrogen and oxygen atoms in total. The van der Waals surface area contributed by atoms with Crippen LogP contribution in [0.1, 0.15) is 25.7 Å². The van der Waals surface area contributed by atoms with Gasteiger partial charge in [-0.2, -0.15) is 0 Å². The van der Waals surface area contributed by atoms with Gasteiger partial charge in [0.2, 0.25) is 10.0 Å². The molecule has 0 aliphatic carbocycles. The number of unbranched alkanes of at least 4 members (excludes halogenated alkanes) is 3. The van der Waals surface area contributed by atoms with Gasteiger partial charge in [-0.25, -0.2) is 8.42 Å². The van der Waals surface area contributed by atoms with Crippen molar-refractivity contribution >= 4 is 39.0 Å². The molecule has 152 valence electrons. The summed E-state index contributed by atoms with van der Waals surface area (Å²) in [5.41, 5.74) is 7.27. The van der Waals surface area contributed by atoms with Gasteiger partial charge in [0.1, 0.15) is 0 Å². The van der Waals surface area contributed by atoms with E-state index in [0.29, 0.717) is 29.6 Å². The van der Waals surface area contributed by atoms with Gasteiger partial charge in [0, 0.05) is 36.7 Å². The summed E-state index contributed by atoms with van der Waals surface area (Å²) in [5.74, 6) is 0.472. The minimum absolute atomic E-state index is 0.112. The molecule has 9 heteroatoms. The number of aromatic nitrogens is 1. The second-order valence-electron chi connectivity index (χ2n) is 6.30. The van der Waals surface area contributed by atoms with E-state index < -0.39 is 10.0 Å². The SMILES string of the molecule is CN(c1ccc(Cl)cc1)S(=O)(=O)CCCCCCN=C(N)Nc1ccncc1. The minimum Gasteiger partial charge on any atom is -0.370 e. The molecule has 0 aliphatic heterocycles. The molecule has 0 bridgehead atoms. The number of sulfonamides is 1. The fourth-order valence-electron chi connectivity index (χ4n) is 2.52. The first-order chi connectivity index (χ1) is 13.4. The molecule has 0 saturated heterocycles. The largest absolute Gasteiger partial charge is 0.370 e. The van der Waals surface area contributed by atoms with Crippen molar-refractivity contribution in [3.8, 4) is 0 Å². The summed E-state index contributed by atoms with van der Waals surface area (Å²) in [5, 5.41) is 3.57. The van der Waals surface area contributed by atoms with Crippen LogP contribution in [0, 0.1) is 0 Å². The molecule has 0 amide bonds. The van der Waals surface area contributed by atoms with Gasteiger partial charge >= 0.3 is 0 Å². The highest BCUT2D eigenvalue weighted by atomic mass is 35.5. The van der Waals surface area contributed by atoms with E-state index in [0.717, 1.165) is 24.9 Å². The third kappa shape index (κ3) is 7.36. The van der Waals surface area contributed by atoms with Crippen LogP contribution in [0.3, 0.4) is 0 Å². The van der Waals surface area contributed by atoms with Gasteiger partial charge in [-0.05, 0) is 49.2 Å². The van der Waals surface area contributed by atoms with E-state index in [1.807, 2.05) is 12.1 Å². The number of pyridine rings is 1. The number of nitrogens with one attached hydrogen (secondary N) is 1. The first kappa shape index (κ1) is 22.0. The number of halogens is 1. The molecule has 28 heavy (non-hydrogen) atoms. The monoisotopic (exact) mass is 423 g/mol. The molecule has 1 aromatic carbocycles. The Hall–Kier alpha value is -2.32. The minimum atomic E-state index is -3.34. The van der Waals surface area contributed by atoms with Gasteiger partial charge < -0.3 is 11.1 Å². The second-order valence-corrected chi connectivity index (χ2v) is 8.86. The van der Waals surface area contributed by atoms with Crippen molar-refractivity contribution in [3.63, 3.8) is 0 Å². The summed E-state index contributed by atoms with van der Waals surface area (Å²) in [4.78, 5) is 8.20. The lowest BCUT2D eigenvalue weighted by Crippen LogP contribution is -2.28. The van der Waals surface area contributed by atoms with Crippen LogP contribution in [-0.4, -0.2) is 38.7 Å². The van der Waals surface area contributed by atoms with Crippen molar-refractivity contribution in [1.29, 1.82) is 0 Å². The lowest BCUT2D eigenvalue weighted by molar-refractivity contribution is 0.586. The first-order valence-electron chi connectivity index (χ1n) is 9.07. The van der Waals surface area contributed by atoms with E-state index in [9.17, 15) is 8.42 Å². The van der Waals surface area contributed by atoms with Crippen molar-refractivity contribution < 1.29 is 8.42 Å². The predicted molar refractivity (Wildman–Crippen MR) is 116 cm³/mol. The van der Waals surface area contributed by atoms with Gasteiger partial charge in [0.25, 0.3) is 0 Å². The maximum atomic E-state index is 12.4. The van der Waals surface area contributed by atoms with Crippen LogP contribution < -0.4 is 15.4 Å². The average Bonchev–Trinajstić information content (AvgIpc) is 2.68. The molecule has 0 aliphatic rings. The quantitative estimate of drug-likeness (QED) is 0.346. The standard InChI is InChI=1S/C19H26ClN5O2S/c1-25(18-8-6-16(20)7-9-18)28(26,27)15-5-3-2-4-12-23-19(21)24-17-10-13-22-14-11-17/h6-11,13-14H,2-5,12,15H2,1H3,(H3,21,22,23,24). The number of nitrogens with two attached hydrogens (primary N) is 1. The third-order valence-corrected chi connectivity index (χ3v) is 6.25. The summed E-state index contributed by atoms with van der Waals surface area (Å²) < 4.78 is 26.1. The number of guanidine groups is 1. The smallest absolute Gasteiger partial charge is 0.234 e. The Bertz CT molecular complexity index is 858. The molecular formula is C19H26ClN5O2S. The molecule has 1 heterocycles. The molecule has 0 unspecified atom stereocenters. The number of rotatable bonds is 10. The summed E-state index contributed by atoms with van der Waals surface area (Å²) in [6.07, 6.45) is 6.52. The number of hydrogen-bond donors (Lipinski definition) is 2. The lowest BCUT2D eigenvalue weighted by atomic mass is 10.2. The van der Waals surface area contributed by atoms with Crippen LogP contribution in [0.25, 0.3) is 0 Å². The van der Waals surface area contributed by atoms with Gasteiger partial charge in [-0.3, -0.25) is 14.3 Å². The average molecular weight is 424 g/mol. The van der Waals surface area contributed by atoms with Crippen LogP contribution >= 0.6 is 11.6 Å². The number of aliphatic imine (C=N–C) groups is 1. The van der Waals surface area contributed by atoms with Gasteiger partial charge in [0.15, 0.2) is 5.96 Å². The fourth-order valence-corrected chi connectivity index (χ4v) is 3.93. The summed E-state index contributed by atoms with van der Waals surface area (Å²) in [7, 11) is -1.78. The zero-order chi connectivity index (χ0) is 20.4. The Kier molecular flexibility index (Phi) is 8.53. The zero-order valence-corrected chi connectivity index (χ0v) is 17.5. The number of anilines is 2. The van der Waals surface area contributed by atoms with Gasteiger partial charge in [0.05, 0.1) is 11.4 Å². The molecule has 0 atom stereocenters.